The molecular formula is C27H37Br2N7O6. The lowest BCUT2D eigenvalue weighted by atomic mass is 10.0. The average molecular weight is 715 g/mol. The van der Waals surface area contributed by atoms with E-state index in [0.29, 0.717) is 34.9 Å². The summed E-state index contributed by atoms with van der Waals surface area (Å²) in [6.45, 7) is 6.92. The Kier molecular flexibility index (Phi) is 14.6. The molecule has 0 aliphatic heterocycles. The van der Waals surface area contributed by atoms with Crippen molar-refractivity contribution >= 4 is 67.1 Å². The number of alkyl carbamates (subject to hydrolysis) is 1. The van der Waals surface area contributed by atoms with Gasteiger partial charge in [-0.1, -0.05) is 63.1 Å². The standard InChI is InChI=1S/C27H37Br2N7O6/c1-16(2)24(33-23(38)6-5-11-36-22(13-29)21(12-28)34-35-36)26(40)31-18(4)25(39)32-20-9-7-19(8-10-20)15-42-27(41)30-14-17(3)37/h7-10,16,18,24H,5-6,11-15H2,1-4H3,(H,30,41)(H,31,40)(H,32,39)(H,33,38)/t18-,24-/m0/s1. The molecule has 1 aromatic carbocycles. The summed E-state index contributed by atoms with van der Waals surface area (Å²) in [7, 11) is 0. The average Bonchev–Trinajstić information content (AvgIpc) is 3.35. The minimum Gasteiger partial charge on any atom is -0.445 e. The Labute approximate surface area is 261 Å². The number of Topliss-reactive ketones (excluding diaryl/α,β-unsaturated/α-hetero) is 1. The highest BCUT2D eigenvalue weighted by atomic mass is 79.9. The van der Waals surface area contributed by atoms with Crippen molar-refractivity contribution in [2.75, 3.05) is 11.9 Å². The van der Waals surface area contributed by atoms with Gasteiger partial charge in [0.1, 0.15) is 24.5 Å². The second-order valence-corrected chi connectivity index (χ2v) is 11.0. The van der Waals surface area contributed by atoms with Crippen molar-refractivity contribution in [1.29, 1.82) is 0 Å². The number of nitrogens with zero attached hydrogens (tertiary/aromatic N) is 3. The molecule has 0 spiro atoms. The fraction of sp³-hybridized carbons (Fsp3) is 0.519. The van der Waals surface area contributed by atoms with E-state index in [-0.39, 0.29) is 37.2 Å². The normalized spacial score (nSPS) is 12.3. The van der Waals surface area contributed by atoms with Crippen LogP contribution in [0.4, 0.5) is 10.5 Å². The van der Waals surface area contributed by atoms with Gasteiger partial charge < -0.3 is 26.0 Å². The lowest BCUT2D eigenvalue weighted by Crippen LogP contribution is -2.53. The molecule has 2 aromatic rings. The monoisotopic (exact) mass is 713 g/mol. The molecule has 1 heterocycles. The van der Waals surface area contributed by atoms with Crippen LogP contribution in [0, 0.1) is 5.92 Å². The highest BCUT2D eigenvalue weighted by Gasteiger charge is 2.27. The van der Waals surface area contributed by atoms with Crippen LogP contribution in [0.5, 0.6) is 0 Å². The fourth-order valence-corrected chi connectivity index (χ4v) is 4.72. The first kappa shape index (κ1) is 34.9. The number of anilines is 1. The molecule has 0 bridgehead atoms. The molecule has 0 saturated heterocycles. The van der Waals surface area contributed by atoms with Gasteiger partial charge in [-0.15, -0.1) is 5.10 Å². The van der Waals surface area contributed by atoms with Gasteiger partial charge in [0.15, 0.2) is 0 Å². The number of ketones is 1. The number of alkyl halides is 2. The van der Waals surface area contributed by atoms with Gasteiger partial charge in [0.2, 0.25) is 17.7 Å². The number of amides is 4. The molecule has 15 heteroatoms. The number of carbonyl (C=O) groups is 5. The summed E-state index contributed by atoms with van der Waals surface area (Å²) in [6, 6.07) is 4.93. The van der Waals surface area contributed by atoms with Crippen molar-refractivity contribution < 1.29 is 28.7 Å². The van der Waals surface area contributed by atoms with Crippen LogP contribution in [0.2, 0.25) is 0 Å². The number of hydrogen-bond acceptors (Lipinski definition) is 8. The van der Waals surface area contributed by atoms with Gasteiger partial charge in [-0.3, -0.25) is 19.2 Å². The topological polar surface area (TPSA) is 173 Å². The maximum atomic E-state index is 13.0. The number of rotatable bonds is 16. The fourth-order valence-electron chi connectivity index (χ4n) is 3.67. The zero-order valence-electron chi connectivity index (χ0n) is 24.0. The quantitative estimate of drug-likeness (QED) is 0.192. The van der Waals surface area contributed by atoms with Crippen LogP contribution >= 0.6 is 31.9 Å². The van der Waals surface area contributed by atoms with Crippen LogP contribution in [0.3, 0.4) is 0 Å². The van der Waals surface area contributed by atoms with E-state index in [9.17, 15) is 24.0 Å². The predicted octanol–water partition coefficient (Wildman–Crippen LogP) is 2.95. The maximum Gasteiger partial charge on any atom is 0.407 e. The molecule has 4 N–H and O–H groups in total. The second-order valence-electron chi connectivity index (χ2n) is 9.91. The Morgan fingerprint density at radius 1 is 0.976 bits per heavy atom. The van der Waals surface area contributed by atoms with Crippen molar-refractivity contribution in [3.05, 3.63) is 41.2 Å². The summed E-state index contributed by atoms with van der Waals surface area (Å²) < 4.78 is 6.78. The highest BCUT2D eigenvalue weighted by molar-refractivity contribution is 9.09. The maximum absolute atomic E-state index is 13.0. The lowest BCUT2D eigenvalue weighted by molar-refractivity contribution is -0.131. The van der Waals surface area contributed by atoms with E-state index < -0.39 is 30.0 Å². The molecule has 0 aliphatic rings. The Bertz CT molecular complexity index is 1240. The summed E-state index contributed by atoms with van der Waals surface area (Å²) >= 11 is 6.82. The highest BCUT2D eigenvalue weighted by Crippen LogP contribution is 2.14. The van der Waals surface area contributed by atoms with Gasteiger partial charge in [-0.2, -0.15) is 0 Å². The molecule has 0 unspecified atom stereocenters. The van der Waals surface area contributed by atoms with E-state index in [0.717, 1.165) is 11.4 Å². The van der Waals surface area contributed by atoms with E-state index >= 15 is 0 Å². The molecule has 4 amide bonds. The van der Waals surface area contributed by atoms with Crippen LogP contribution in [-0.4, -0.2) is 63.2 Å². The first-order valence-electron chi connectivity index (χ1n) is 13.4. The molecule has 0 radical (unpaired) electrons. The van der Waals surface area contributed by atoms with Gasteiger partial charge in [0.25, 0.3) is 0 Å². The largest absolute Gasteiger partial charge is 0.445 e. The van der Waals surface area contributed by atoms with Crippen LogP contribution in [0.1, 0.15) is 57.5 Å². The zero-order valence-corrected chi connectivity index (χ0v) is 27.2. The van der Waals surface area contributed by atoms with Gasteiger partial charge in [0, 0.05) is 29.3 Å². The van der Waals surface area contributed by atoms with Gasteiger partial charge in [-0.25, -0.2) is 9.48 Å². The Balaban J connectivity index is 1.82. The predicted molar refractivity (Wildman–Crippen MR) is 163 cm³/mol. The second kappa shape index (κ2) is 17.6. The van der Waals surface area contributed by atoms with Crippen molar-refractivity contribution in [2.24, 2.45) is 5.92 Å². The molecule has 13 nitrogen and oxygen atoms in total. The van der Waals surface area contributed by atoms with Crippen molar-refractivity contribution in [1.82, 2.24) is 30.9 Å². The molecule has 2 atom stereocenters. The molecule has 42 heavy (non-hydrogen) atoms. The molecule has 0 fully saturated rings. The van der Waals surface area contributed by atoms with Crippen molar-refractivity contribution in [3.63, 3.8) is 0 Å². The van der Waals surface area contributed by atoms with Crippen LogP contribution in [0.15, 0.2) is 24.3 Å². The summed E-state index contributed by atoms with van der Waals surface area (Å²) in [4.78, 5) is 60.8. The number of hydrogen-bond donors (Lipinski definition) is 4. The van der Waals surface area contributed by atoms with Gasteiger partial charge in [0.05, 0.1) is 17.9 Å². The number of nitrogens with one attached hydrogen (secondary N) is 4. The Morgan fingerprint density at radius 3 is 2.26 bits per heavy atom. The lowest BCUT2D eigenvalue weighted by Gasteiger charge is -2.24. The summed E-state index contributed by atoms with van der Waals surface area (Å²) in [6.07, 6.45) is 0.00450. The molecule has 1 aromatic heterocycles. The molecule has 2 rings (SSSR count). The first-order valence-corrected chi connectivity index (χ1v) is 15.6. The van der Waals surface area contributed by atoms with Crippen LogP contribution < -0.4 is 21.3 Å². The van der Waals surface area contributed by atoms with Crippen LogP contribution in [-0.2, 0) is 47.7 Å². The third kappa shape index (κ3) is 11.5. The smallest absolute Gasteiger partial charge is 0.407 e. The molecule has 0 saturated carbocycles. The van der Waals surface area contributed by atoms with E-state index in [2.05, 4.69) is 63.4 Å². The first-order chi connectivity index (χ1) is 19.9. The number of halogens is 2. The van der Waals surface area contributed by atoms with E-state index in [4.69, 9.17) is 4.74 Å². The number of carbonyl (C=O) groups excluding carboxylic acids is 5. The number of aryl methyl sites for hydroxylation is 1. The van der Waals surface area contributed by atoms with E-state index in [1.807, 2.05) is 13.8 Å². The minimum absolute atomic E-state index is 0.0108. The van der Waals surface area contributed by atoms with Crippen molar-refractivity contribution in [3.8, 4) is 0 Å². The zero-order chi connectivity index (χ0) is 31.2. The van der Waals surface area contributed by atoms with Gasteiger partial charge in [-0.05, 0) is 43.9 Å². The summed E-state index contributed by atoms with van der Waals surface area (Å²) in [5.74, 6) is -1.58. The van der Waals surface area contributed by atoms with Gasteiger partial charge >= 0.3 is 6.09 Å². The van der Waals surface area contributed by atoms with Crippen molar-refractivity contribution in [2.45, 2.75) is 76.4 Å². The van der Waals surface area contributed by atoms with E-state index in [1.165, 1.54) is 6.92 Å². The SMILES string of the molecule is CC(=O)CNC(=O)OCc1ccc(NC(=O)[C@H](C)NC(=O)[C@@H](NC(=O)CCCn2nnc(CBr)c2CBr)C(C)C)cc1. The third-order valence-corrected chi connectivity index (χ3v) is 7.10. The minimum atomic E-state index is -0.873. The molecule has 230 valence electrons. The molecule has 0 aliphatic carbocycles. The third-order valence-electron chi connectivity index (χ3n) is 6.04. The Morgan fingerprint density at radius 2 is 1.67 bits per heavy atom. The van der Waals surface area contributed by atoms with E-state index in [1.54, 1.807) is 35.9 Å². The Hall–Kier alpha value is -3.33. The summed E-state index contributed by atoms with van der Waals surface area (Å²) in [5, 5.41) is 19.9. The summed E-state index contributed by atoms with van der Waals surface area (Å²) in [5.41, 5.74) is 2.94. The number of benzene rings is 1. The number of ether oxygens (including phenoxy) is 1. The van der Waals surface area contributed by atoms with Crippen LogP contribution in [0.25, 0.3) is 0 Å². The number of aromatic nitrogens is 3. The molecular weight excluding hydrogens is 678 g/mol.